The molecule has 12 nitrogen and oxygen atoms in total. The van der Waals surface area contributed by atoms with Gasteiger partial charge in [-0.1, -0.05) is 5.57 Å². The fourth-order valence-corrected chi connectivity index (χ4v) is 8.01. The first-order valence-corrected chi connectivity index (χ1v) is 15.5. The lowest BCUT2D eigenvalue weighted by molar-refractivity contribution is -0.114. The van der Waals surface area contributed by atoms with E-state index in [4.69, 9.17) is 14.2 Å². The van der Waals surface area contributed by atoms with Gasteiger partial charge >= 0.3 is 0 Å². The number of carbonyl (C=O) groups excluding carboxylic acids is 3. The Morgan fingerprint density at radius 2 is 1.48 bits per heavy atom. The summed E-state index contributed by atoms with van der Waals surface area (Å²) in [6, 6.07) is 1.49. The first-order valence-electron chi connectivity index (χ1n) is 13.9. The van der Waals surface area contributed by atoms with E-state index in [2.05, 4.69) is 5.32 Å². The summed E-state index contributed by atoms with van der Waals surface area (Å²) in [6.45, 7) is 2.85. The average Bonchev–Trinajstić information content (AvgIpc) is 3.08. The second-order valence-corrected chi connectivity index (χ2v) is 13.0. The minimum atomic E-state index is -4.37. The van der Waals surface area contributed by atoms with Crippen LogP contribution in [0.4, 0.5) is 0 Å². The monoisotopic (exact) mass is 625 g/mol. The highest BCUT2D eigenvalue weighted by Gasteiger charge is 2.51. The molecular weight excluding hydrogens is 594 g/mol. The van der Waals surface area contributed by atoms with Crippen LogP contribution in [0.15, 0.2) is 23.3 Å². The second kappa shape index (κ2) is 10.3. The number of phenols is 2. The molecular formula is C31H31NO11S. The van der Waals surface area contributed by atoms with Crippen molar-refractivity contribution in [1.82, 2.24) is 5.32 Å². The van der Waals surface area contributed by atoms with Crippen LogP contribution in [0.2, 0.25) is 0 Å². The summed E-state index contributed by atoms with van der Waals surface area (Å²) < 4.78 is 49.7. The number of ether oxygens (including phenoxy) is 3. The van der Waals surface area contributed by atoms with Crippen LogP contribution in [0.5, 0.6) is 23.0 Å². The molecule has 3 aromatic rings. The molecule has 44 heavy (non-hydrogen) atoms. The zero-order valence-corrected chi connectivity index (χ0v) is 25.4. The van der Waals surface area contributed by atoms with Crippen LogP contribution in [0.1, 0.15) is 63.9 Å². The van der Waals surface area contributed by atoms with Gasteiger partial charge in [0, 0.05) is 64.7 Å². The number of hydrogen-bond acceptors (Lipinski definition) is 11. The Labute approximate surface area is 252 Å². The zero-order valence-electron chi connectivity index (χ0n) is 24.6. The highest BCUT2D eigenvalue weighted by atomic mass is 32.2. The van der Waals surface area contributed by atoms with Crippen molar-refractivity contribution in [2.75, 3.05) is 33.6 Å². The molecule has 4 unspecified atom stereocenters. The lowest BCUT2D eigenvalue weighted by Crippen LogP contribution is -2.46. The molecule has 0 fully saturated rings. The molecule has 6 rings (SSSR count). The molecule has 0 spiro atoms. The Bertz CT molecular complexity index is 1980. The maximum atomic E-state index is 14.3. The summed E-state index contributed by atoms with van der Waals surface area (Å²) >= 11 is 0. The van der Waals surface area contributed by atoms with Crippen molar-refractivity contribution < 1.29 is 51.8 Å². The van der Waals surface area contributed by atoms with Crippen LogP contribution in [-0.4, -0.2) is 86.3 Å². The maximum Gasteiger partial charge on any atom is 0.266 e. The van der Waals surface area contributed by atoms with Crippen LogP contribution < -0.4 is 14.8 Å². The molecule has 0 aromatic heterocycles. The van der Waals surface area contributed by atoms with Gasteiger partial charge in [0.2, 0.25) is 0 Å². The third kappa shape index (κ3) is 4.06. The molecule has 4 N–H and O–H groups in total. The van der Waals surface area contributed by atoms with E-state index in [-0.39, 0.29) is 52.9 Å². The van der Waals surface area contributed by atoms with Gasteiger partial charge in [0.25, 0.3) is 10.1 Å². The number of fused-ring (bicyclic) bond motifs is 1. The van der Waals surface area contributed by atoms with Gasteiger partial charge < -0.3 is 29.7 Å². The predicted octanol–water partition coefficient (Wildman–Crippen LogP) is 3.15. The topological polar surface area (TPSA) is 186 Å². The van der Waals surface area contributed by atoms with Crippen LogP contribution in [-0.2, 0) is 19.6 Å². The van der Waals surface area contributed by atoms with E-state index in [1.807, 2.05) is 0 Å². The summed E-state index contributed by atoms with van der Waals surface area (Å²) in [7, 11) is -0.241. The second-order valence-electron chi connectivity index (χ2n) is 11.4. The Morgan fingerprint density at radius 1 is 0.932 bits per heavy atom. The lowest BCUT2D eigenvalue weighted by Gasteiger charge is -2.39. The molecule has 13 heteroatoms. The van der Waals surface area contributed by atoms with Crippen molar-refractivity contribution in [1.29, 1.82) is 0 Å². The van der Waals surface area contributed by atoms with Gasteiger partial charge in [-0.3, -0.25) is 18.9 Å². The number of carbonyl (C=O) groups is 3. The molecule has 0 aliphatic heterocycles. The van der Waals surface area contributed by atoms with Gasteiger partial charge in [0.1, 0.15) is 29.1 Å². The van der Waals surface area contributed by atoms with E-state index in [1.54, 1.807) is 6.92 Å². The van der Waals surface area contributed by atoms with Crippen LogP contribution >= 0.6 is 0 Å². The van der Waals surface area contributed by atoms with Crippen LogP contribution in [0, 0.1) is 0 Å². The molecule has 3 aliphatic rings. The van der Waals surface area contributed by atoms with Gasteiger partial charge in [-0.25, -0.2) is 0 Å². The van der Waals surface area contributed by atoms with Gasteiger partial charge in [0.15, 0.2) is 17.3 Å². The van der Waals surface area contributed by atoms with E-state index in [0.717, 1.165) is 0 Å². The molecule has 4 atom stereocenters. The molecule has 3 aliphatic carbocycles. The first kappa shape index (κ1) is 30.0. The van der Waals surface area contributed by atoms with Crippen LogP contribution in [0.25, 0.3) is 21.5 Å². The summed E-state index contributed by atoms with van der Waals surface area (Å²) in [5.41, 5.74) is 1.83. The summed E-state index contributed by atoms with van der Waals surface area (Å²) in [5, 5.41) is 26.9. The average molecular weight is 626 g/mol. The van der Waals surface area contributed by atoms with Crippen molar-refractivity contribution >= 4 is 49.0 Å². The number of phenolic OH excluding ortho intramolecular Hbond substituents is 2. The predicted molar refractivity (Wildman–Crippen MR) is 159 cm³/mol. The first-order chi connectivity index (χ1) is 20.8. The largest absolute Gasteiger partial charge is 0.507 e. The molecule has 3 aromatic carbocycles. The molecule has 0 saturated carbocycles. The number of aromatic hydroxyl groups is 2. The number of allylic oxidation sites excluding steroid dienone is 1. The number of Topliss-reactive ketones (excluding diaryl/α,β-unsaturated/α-hetero) is 3. The van der Waals surface area contributed by atoms with Crippen LogP contribution in [0.3, 0.4) is 0 Å². The lowest BCUT2D eigenvalue weighted by atomic mass is 9.66. The maximum absolute atomic E-state index is 14.3. The molecule has 232 valence electrons. The van der Waals surface area contributed by atoms with Crippen molar-refractivity contribution in [3.8, 4) is 23.0 Å². The van der Waals surface area contributed by atoms with Gasteiger partial charge in [-0.15, -0.1) is 0 Å². The third-order valence-electron chi connectivity index (χ3n) is 9.13. The highest BCUT2D eigenvalue weighted by Crippen LogP contribution is 2.60. The number of ketones is 3. The van der Waals surface area contributed by atoms with Gasteiger partial charge in [0.05, 0.1) is 37.1 Å². The Balaban J connectivity index is 1.88. The van der Waals surface area contributed by atoms with Crippen molar-refractivity contribution in [3.05, 3.63) is 45.5 Å². The van der Waals surface area contributed by atoms with Crippen molar-refractivity contribution in [3.63, 3.8) is 0 Å². The number of hydrogen-bond donors (Lipinski definition) is 4. The Morgan fingerprint density at radius 3 is 1.98 bits per heavy atom. The van der Waals surface area contributed by atoms with E-state index in [1.165, 1.54) is 40.4 Å². The molecule has 0 amide bonds. The van der Waals surface area contributed by atoms with Gasteiger partial charge in [-0.05, 0) is 31.4 Å². The fourth-order valence-electron chi connectivity index (χ4n) is 7.63. The van der Waals surface area contributed by atoms with Gasteiger partial charge in [-0.2, -0.15) is 8.42 Å². The van der Waals surface area contributed by atoms with E-state index in [9.17, 15) is 37.6 Å². The number of methoxy groups -OCH3 is 3. The van der Waals surface area contributed by atoms with E-state index < -0.39 is 51.4 Å². The molecule has 0 bridgehead atoms. The quantitative estimate of drug-likeness (QED) is 0.212. The molecule has 0 heterocycles. The number of rotatable bonds is 8. The highest BCUT2D eigenvalue weighted by molar-refractivity contribution is 7.85. The normalized spacial score (nSPS) is 22.6. The SMILES string of the molecule is COc1cc(O)c2c3c4c5c6c(c(O)cc(OC)c6c13)C(=O)C(OC)C5C(C(C)=O)=C(C)CC4C(NCCS(=O)(=O)O)C2=O. The summed E-state index contributed by atoms with van der Waals surface area (Å²) in [5.74, 6) is -4.11. The minimum absolute atomic E-state index is 0.0392. The summed E-state index contributed by atoms with van der Waals surface area (Å²) in [6.07, 6.45) is -1.06. The molecule has 0 radical (unpaired) electrons. The zero-order chi connectivity index (χ0) is 32.0. The van der Waals surface area contributed by atoms with E-state index >= 15 is 0 Å². The standard InChI is InChI=1S/C31H31NO11S/c1-11-8-13-19-24-20(29(36)28(13)32-6-7-44(38,39)40)14(34)9-16(41-3)22(24)23-17(42-4)10-15(35)21-26(23)25(19)27(18(11)12(2)33)31(43-5)30(21)37/h9-10,13,27-28,31-32,34-35H,6-8H2,1-5H3,(H,38,39,40). The third-order valence-corrected chi connectivity index (χ3v) is 9.85. The molecule has 0 saturated heterocycles. The fraction of sp³-hybridized carbons (Fsp3) is 0.387. The Kier molecular flexibility index (Phi) is 7.00. The smallest absolute Gasteiger partial charge is 0.266 e. The van der Waals surface area contributed by atoms with Crippen molar-refractivity contribution in [2.24, 2.45) is 0 Å². The van der Waals surface area contributed by atoms with E-state index in [0.29, 0.717) is 43.8 Å². The Hall–Kier alpha value is -4.04. The minimum Gasteiger partial charge on any atom is -0.507 e. The summed E-state index contributed by atoms with van der Waals surface area (Å²) in [4.78, 5) is 41.8. The number of benzene rings is 3. The van der Waals surface area contributed by atoms with Crippen molar-refractivity contribution in [2.45, 2.75) is 44.2 Å². The number of nitrogens with one attached hydrogen (secondary N) is 1.